The molecule has 0 aliphatic rings. The molecule has 55 heavy (non-hydrogen) atoms. The highest BCUT2D eigenvalue weighted by atomic mass is 16.3. The lowest BCUT2D eigenvalue weighted by Gasteiger charge is -2.16. The molecule has 0 atom stereocenters. The van der Waals surface area contributed by atoms with E-state index in [9.17, 15) is 0 Å². The summed E-state index contributed by atoms with van der Waals surface area (Å²) in [6, 6.07) is 65.9. The minimum absolute atomic E-state index is 0.656. The molecule has 0 N–H and O–H groups in total. The lowest BCUT2D eigenvalue weighted by molar-refractivity contribution is 0.669. The van der Waals surface area contributed by atoms with Crippen molar-refractivity contribution in [2.24, 2.45) is 0 Å². The van der Waals surface area contributed by atoms with E-state index in [1.165, 1.54) is 0 Å². The molecule has 0 unspecified atom stereocenters. The molecule has 3 heterocycles. The van der Waals surface area contributed by atoms with E-state index < -0.39 is 0 Å². The van der Waals surface area contributed by atoms with Gasteiger partial charge in [-0.05, 0) is 24.3 Å². The molecule has 0 amide bonds. The molecule has 0 saturated carbocycles. The molecule has 0 aliphatic carbocycles. The number of nitrogens with zero attached hydrogens (tertiary/aromatic N) is 4. The molecule has 5 heteroatoms. The highest BCUT2D eigenvalue weighted by Crippen LogP contribution is 2.38. The van der Waals surface area contributed by atoms with Gasteiger partial charge in [0, 0.05) is 49.7 Å². The zero-order valence-electron chi connectivity index (χ0n) is 29.7. The van der Waals surface area contributed by atoms with Gasteiger partial charge in [-0.3, -0.25) is 0 Å². The van der Waals surface area contributed by atoms with Gasteiger partial charge in [-0.25, -0.2) is 19.9 Å². The van der Waals surface area contributed by atoms with Gasteiger partial charge in [-0.2, -0.15) is 0 Å². The van der Waals surface area contributed by atoms with Crippen LogP contribution in [0.3, 0.4) is 0 Å². The monoisotopic (exact) mass is 704 g/mol. The third-order valence-corrected chi connectivity index (χ3v) is 9.92. The summed E-state index contributed by atoms with van der Waals surface area (Å²) in [6.07, 6.45) is 0. The smallest absolute Gasteiger partial charge is 0.160 e. The summed E-state index contributed by atoms with van der Waals surface area (Å²) in [4.78, 5) is 21.0. The van der Waals surface area contributed by atoms with Crippen LogP contribution in [0.4, 0.5) is 0 Å². The number of fused-ring (bicyclic) bond motifs is 3. The van der Waals surface area contributed by atoms with Gasteiger partial charge in [0.1, 0.15) is 11.2 Å². The zero-order valence-corrected chi connectivity index (χ0v) is 29.7. The molecule has 10 rings (SSSR count). The van der Waals surface area contributed by atoms with Gasteiger partial charge < -0.3 is 4.42 Å². The van der Waals surface area contributed by atoms with Crippen LogP contribution in [0, 0.1) is 0 Å². The molecule has 7 aromatic carbocycles. The zero-order chi connectivity index (χ0) is 36.6. The van der Waals surface area contributed by atoms with Crippen LogP contribution in [-0.2, 0) is 0 Å². The van der Waals surface area contributed by atoms with Gasteiger partial charge in [0.2, 0.25) is 0 Å². The molecule has 10 aromatic rings. The van der Waals surface area contributed by atoms with Gasteiger partial charge in [0.25, 0.3) is 0 Å². The van der Waals surface area contributed by atoms with Crippen LogP contribution in [0.5, 0.6) is 0 Å². The average molecular weight is 705 g/mol. The molecule has 0 bridgehead atoms. The Hall–Kier alpha value is -7.50. The van der Waals surface area contributed by atoms with Crippen molar-refractivity contribution >= 4 is 21.9 Å². The van der Waals surface area contributed by atoms with Crippen LogP contribution < -0.4 is 0 Å². The lowest BCUT2D eigenvalue weighted by Crippen LogP contribution is -2.01. The van der Waals surface area contributed by atoms with E-state index in [2.05, 4.69) is 91.0 Å². The fourth-order valence-corrected chi connectivity index (χ4v) is 7.17. The Morgan fingerprint density at radius 2 is 0.673 bits per heavy atom. The highest BCUT2D eigenvalue weighted by molar-refractivity contribution is 6.05. The molecular formula is C50H32N4O. The van der Waals surface area contributed by atoms with E-state index >= 15 is 0 Å². The second-order valence-electron chi connectivity index (χ2n) is 13.4. The SMILES string of the molecule is c1ccc(-c2nc(-c3ccc(-c4nc(-c5ccccc5)c(-c5ccccc5)nc4-c4ccccc4)cc3)cc(-c3ccc4c(c3)oc3ccccc34)n2)cc1. The minimum Gasteiger partial charge on any atom is -0.456 e. The summed E-state index contributed by atoms with van der Waals surface area (Å²) >= 11 is 0. The van der Waals surface area contributed by atoms with Crippen molar-refractivity contribution in [2.45, 2.75) is 0 Å². The summed E-state index contributed by atoms with van der Waals surface area (Å²) in [5.41, 5.74) is 13.5. The number of furan rings is 1. The molecule has 0 radical (unpaired) electrons. The van der Waals surface area contributed by atoms with Crippen molar-refractivity contribution in [2.75, 3.05) is 0 Å². The molecule has 3 aromatic heterocycles. The Balaban J connectivity index is 1.11. The van der Waals surface area contributed by atoms with E-state index in [0.29, 0.717) is 5.82 Å². The van der Waals surface area contributed by atoms with Gasteiger partial charge in [-0.15, -0.1) is 0 Å². The average Bonchev–Trinajstić information content (AvgIpc) is 3.65. The Kier molecular flexibility index (Phi) is 8.08. The summed E-state index contributed by atoms with van der Waals surface area (Å²) in [6.45, 7) is 0. The summed E-state index contributed by atoms with van der Waals surface area (Å²) in [5, 5.41) is 2.18. The Morgan fingerprint density at radius 1 is 0.273 bits per heavy atom. The fourth-order valence-electron chi connectivity index (χ4n) is 7.17. The molecular weight excluding hydrogens is 673 g/mol. The van der Waals surface area contributed by atoms with E-state index in [0.717, 1.165) is 95.0 Å². The first-order valence-corrected chi connectivity index (χ1v) is 18.3. The fraction of sp³-hybridized carbons (Fsp3) is 0. The van der Waals surface area contributed by atoms with Gasteiger partial charge >= 0.3 is 0 Å². The minimum atomic E-state index is 0.656. The van der Waals surface area contributed by atoms with Crippen molar-refractivity contribution in [1.82, 2.24) is 19.9 Å². The van der Waals surface area contributed by atoms with Gasteiger partial charge in [0.15, 0.2) is 5.82 Å². The number of para-hydroxylation sites is 1. The van der Waals surface area contributed by atoms with Crippen LogP contribution in [0.15, 0.2) is 199 Å². The molecule has 258 valence electrons. The molecule has 0 saturated heterocycles. The maximum Gasteiger partial charge on any atom is 0.160 e. The van der Waals surface area contributed by atoms with E-state index in [4.69, 9.17) is 24.4 Å². The Labute approximate surface area is 318 Å². The number of hydrogen-bond acceptors (Lipinski definition) is 5. The summed E-state index contributed by atoms with van der Waals surface area (Å²) < 4.78 is 6.26. The highest BCUT2D eigenvalue weighted by Gasteiger charge is 2.20. The van der Waals surface area contributed by atoms with Crippen LogP contribution in [-0.4, -0.2) is 19.9 Å². The van der Waals surface area contributed by atoms with E-state index in [-0.39, 0.29) is 0 Å². The molecule has 0 spiro atoms. The predicted molar refractivity (Wildman–Crippen MR) is 223 cm³/mol. The summed E-state index contributed by atoms with van der Waals surface area (Å²) in [5.74, 6) is 0.656. The largest absolute Gasteiger partial charge is 0.456 e. The van der Waals surface area contributed by atoms with E-state index in [1.54, 1.807) is 0 Å². The second kappa shape index (κ2) is 13.8. The number of aromatic nitrogens is 4. The van der Waals surface area contributed by atoms with Crippen LogP contribution in [0.2, 0.25) is 0 Å². The van der Waals surface area contributed by atoms with Crippen molar-refractivity contribution in [3.63, 3.8) is 0 Å². The van der Waals surface area contributed by atoms with Crippen molar-refractivity contribution in [1.29, 1.82) is 0 Å². The topological polar surface area (TPSA) is 64.7 Å². The quantitative estimate of drug-likeness (QED) is 0.165. The predicted octanol–water partition coefficient (Wildman–Crippen LogP) is 12.8. The van der Waals surface area contributed by atoms with Crippen LogP contribution in [0.1, 0.15) is 0 Å². The first-order valence-electron chi connectivity index (χ1n) is 18.3. The van der Waals surface area contributed by atoms with Gasteiger partial charge in [0.05, 0.1) is 34.2 Å². The maximum atomic E-state index is 6.26. The van der Waals surface area contributed by atoms with Crippen LogP contribution in [0.25, 0.3) is 101 Å². The maximum absolute atomic E-state index is 6.26. The van der Waals surface area contributed by atoms with Gasteiger partial charge in [-0.1, -0.05) is 170 Å². The standard InChI is InChI=1S/C50H32N4O/c1-5-15-34(16-6-1)46-47(35-17-7-2-8-18-35)54-49(48(53-46)36-19-9-3-10-20-36)37-27-25-33(26-28-37)42-32-43(52-50(51-42)38-21-11-4-12-22-38)39-29-30-41-40-23-13-14-24-44(40)55-45(41)31-39/h1-32H. The Bertz CT molecular complexity index is 2940. The molecule has 0 aliphatic heterocycles. The van der Waals surface area contributed by atoms with E-state index in [1.807, 2.05) is 103 Å². The lowest BCUT2D eigenvalue weighted by atomic mass is 9.98. The molecule has 0 fully saturated rings. The number of hydrogen-bond donors (Lipinski definition) is 0. The first kappa shape index (κ1) is 32.2. The normalized spacial score (nSPS) is 11.3. The number of benzene rings is 7. The third kappa shape index (κ3) is 6.14. The summed E-state index contributed by atoms with van der Waals surface area (Å²) in [7, 11) is 0. The second-order valence-corrected chi connectivity index (χ2v) is 13.4. The third-order valence-electron chi connectivity index (χ3n) is 9.92. The van der Waals surface area contributed by atoms with Crippen LogP contribution >= 0.6 is 0 Å². The van der Waals surface area contributed by atoms with Crippen molar-refractivity contribution in [3.05, 3.63) is 194 Å². The van der Waals surface area contributed by atoms with Crippen molar-refractivity contribution in [3.8, 4) is 78.9 Å². The molecule has 5 nitrogen and oxygen atoms in total. The Morgan fingerprint density at radius 3 is 1.22 bits per heavy atom. The number of rotatable bonds is 7. The van der Waals surface area contributed by atoms with Crippen molar-refractivity contribution < 1.29 is 4.42 Å². The first-order chi connectivity index (χ1) is 27.2.